The average molecular weight is 348 g/mol. The molecule has 1 aromatic rings. The van der Waals surface area contributed by atoms with Gasteiger partial charge in [0.05, 0.1) is 4.90 Å². The Balaban J connectivity index is 2.34. The first kappa shape index (κ1) is 14.8. The number of benzene rings is 1. The van der Waals surface area contributed by atoms with Gasteiger partial charge in [-0.25, -0.2) is 8.42 Å². The summed E-state index contributed by atoms with van der Waals surface area (Å²) in [4.78, 5) is 2.42. The minimum Gasteiger partial charge on any atom is -0.398 e. The van der Waals surface area contributed by atoms with Crippen LogP contribution < -0.4 is 5.73 Å². The molecular weight excluding hydrogens is 330 g/mol. The van der Waals surface area contributed by atoms with Crippen molar-refractivity contribution in [2.24, 2.45) is 0 Å². The highest BCUT2D eigenvalue weighted by atomic mass is 79.9. The van der Waals surface area contributed by atoms with E-state index < -0.39 is 10.0 Å². The number of likely N-dealkylation sites (N-methyl/N-ethyl adjacent to an activating group) is 1. The fourth-order valence-electron chi connectivity index (χ4n) is 2.28. The van der Waals surface area contributed by atoms with Crippen LogP contribution in [0.25, 0.3) is 0 Å². The third-order valence-corrected chi connectivity index (χ3v) is 6.04. The van der Waals surface area contributed by atoms with E-state index in [-0.39, 0.29) is 10.9 Å². The normalized spacial score (nSPS) is 22.6. The molecule has 1 aromatic carbocycles. The topological polar surface area (TPSA) is 66.6 Å². The molecule has 1 fully saturated rings. The summed E-state index contributed by atoms with van der Waals surface area (Å²) in [7, 11) is -1.45. The highest BCUT2D eigenvalue weighted by Crippen LogP contribution is 2.26. The van der Waals surface area contributed by atoms with E-state index in [0.29, 0.717) is 16.7 Å². The molecule has 5 nitrogen and oxygen atoms in total. The Morgan fingerprint density at radius 1 is 1.37 bits per heavy atom. The fourth-order valence-corrected chi connectivity index (χ4v) is 4.45. The van der Waals surface area contributed by atoms with Crippen LogP contribution in [0.4, 0.5) is 5.69 Å². The van der Waals surface area contributed by atoms with E-state index in [9.17, 15) is 8.42 Å². The van der Waals surface area contributed by atoms with Crippen molar-refractivity contribution in [3.63, 3.8) is 0 Å². The number of halogens is 1. The highest BCUT2D eigenvalue weighted by Gasteiger charge is 2.32. The Kier molecular flexibility index (Phi) is 4.20. The molecule has 0 spiro atoms. The Labute approximate surface area is 122 Å². The first-order valence-electron chi connectivity index (χ1n) is 6.08. The zero-order valence-corrected chi connectivity index (χ0v) is 13.4. The van der Waals surface area contributed by atoms with Crippen molar-refractivity contribution in [2.45, 2.75) is 17.9 Å². The summed E-state index contributed by atoms with van der Waals surface area (Å²) in [6.07, 6.45) is 0. The molecule has 0 bridgehead atoms. The van der Waals surface area contributed by atoms with Crippen LogP contribution in [0.1, 0.15) is 6.92 Å². The number of hydrogen-bond acceptors (Lipinski definition) is 4. The van der Waals surface area contributed by atoms with E-state index in [0.717, 1.165) is 13.1 Å². The van der Waals surface area contributed by atoms with Crippen LogP contribution >= 0.6 is 15.9 Å². The number of rotatable bonds is 2. The van der Waals surface area contributed by atoms with Crippen molar-refractivity contribution < 1.29 is 8.42 Å². The maximum atomic E-state index is 12.6. The fraction of sp³-hybridized carbons (Fsp3) is 0.500. The molecule has 1 aliphatic heterocycles. The van der Waals surface area contributed by atoms with Crippen LogP contribution in [0.3, 0.4) is 0 Å². The average Bonchev–Trinajstić information content (AvgIpc) is 2.32. The van der Waals surface area contributed by atoms with Gasteiger partial charge in [0.25, 0.3) is 0 Å². The van der Waals surface area contributed by atoms with Crippen LogP contribution in [0.15, 0.2) is 27.6 Å². The smallest absolute Gasteiger partial charge is 0.243 e. The predicted molar refractivity (Wildman–Crippen MR) is 79.4 cm³/mol. The number of nitrogens with two attached hydrogens (primary N) is 1. The van der Waals surface area contributed by atoms with Gasteiger partial charge in [0, 0.05) is 35.8 Å². The van der Waals surface area contributed by atoms with Gasteiger partial charge in [-0.15, -0.1) is 0 Å². The second-order valence-electron chi connectivity index (χ2n) is 4.91. The summed E-state index contributed by atoms with van der Waals surface area (Å²) in [6, 6.07) is 4.70. The summed E-state index contributed by atoms with van der Waals surface area (Å²) in [5.41, 5.74) is 6.23. The van der Waals surface area contributed by atoms with Crippen LogP contribution in [-0.4, -0.2) is 50.3 Å². The molecule has 1 unspecified atom stereocenters. The quantitative estimate of drug-likeness (QED) is 0.820. The van der Waals surface area contributed by atoms with Gasteiger partial charge in [0.2, 0.25) is 10.0 Å². The summed E-state index contributed by atoms with van der Waals surface area (Å²) < 4.78 is 27.4. The molecule has 0 saturated carbocycles. The number of nitrogen functional groups attached to an aromatic ring is 1. The number of piperazine rings is 1. The maximum Gasteiger partial charge on any atom is 0.243 e. The molecular formula is C12H18BrN3O2S. The highest BCUT2D eigenvalue weighted by molar-refractivity contribution is 9.10. The molecule has 1 saturated heterocycles. The van der Waals surface area contributed by atoms with Gasteiger partial charge in [-0.05, 0) is 48.1 Å². The lowest BCUT2D eigenvalue weighted by Gasteiger charge is -2.37. The number of nitrogens with zero attached hydrogens (tertiary/aromatic N) is 2. The molecule has 7 heteroatoms. The lowest BCUT2D eigenvalue weighted by atomic mass is 10.2. The summed E-state index contributed by atoms with van der Waals surface area (Å²) in [5, 5.41) is 0. The first-order valence-corrected chi connectivity index (χ1v) is 8.31. The largest absolute Gasteiger partial charge is 0.398 e. The molecule has 1 atom stereocenters. The Morgan fingerprint density at radius 3 is 2.63 bits per heavy atom. The minimum atomic E-state index is -3.45. The molecule has 0 amide bonds. The van der Waals surface area contributed by atoms with E-state index in [4.69, 9.17) is 5.73 Å². The van der Waals surface area contributed by atoms with Gasteiger partial charge in [-0.1, -0.05) is 0 Å². The molecule has 0 radical (unpaired) electrons. The number of hydrogen-bond donors (Lipinski definition) is 1. The molecule has 19 heavy (non-hydrogen) atoms. The van der Waals surface area contributed by atoms with Crippen LogP contribution in [0.2, 0.25) is 0 Å². The lowest BCUT2D eigenvalue weighted by molar-refractivity contribution is 0.170. The zero-order valence-electron chi connectivity index (χ0n) is 11.0. The summed E-state index contributed by atoms with van der Waals surface area (Å²) in [6.45, 7) is 3.94. The van der Waals surface area contributed by atoms with Gasteiger partial charge in [-0.2, -0.15) is 4.31 Å². The molecule has 1 heterocycles. The van der Waals surface area contributed by atoms with Crippen LogP contribution in [-0.2, 0) is 10.0 Å². The van der Waals surface area contributed by atoms with E-state index >= 15 is 0 Å². The Hall–Kier alpha value is -0.630. The van der Waals surface area contributed by atoms with Crippen molar-refractivity contribution in [3.05, 3.63) is 22.7 Å². The first-order chi connectivity index (χ1) is 8.82. The maximum absolute atomic E-state index is 12.6. The Bertz CT molecular complexity index is 576. The van der Waals surface area contributed by atoms with Crippen molar-refractivity contribution in [3.8, 4) is 0 Å². The van der Waals surface area contributed by atoms with Crippen molar-refractivity contribution in [2.75, 3.05) is 32.4 Å². The van der Waals surface area contributed by atoms with Gasteiger partial charge >= 0.3 is 0 Å². The molecule has 106 valence electrons. The predicted octanol–water partition coefficient (Wildman–Crippen LogP) is 1.36. The molecule has 2 rings (SSSR count). The monoisotopic (exact) mass is 347 g/mol. The SMILES string of the molecule is CC1CN(C)CCN1S(=O)(=O)c1ccc(N)c(Br)c1. The van der Waals surface area contributed by atoms with Gasteiger partial charge < -0.3 is 10.6 Å². The van der Waals surface area contributed by atoms with E-state index in [1.54, 1.807) is 22.5 Å². The van der Waals surface area contributed by atoms with Crippen molar-refractivity contribution in [1.29, 1.82) is 0 Å². The van der Waals surface area contributed by atoms with Crippen molar-refractivity contribution in [1.82, 2.24) is 9.21 Å². The van der Waals surface area contributed by atoms with Gasteiger partial charge in [-0.3, -0.25) is 0 Å². The lowest BCUT2D eigenvalue weighted by Crippen LogP contribution is -2.52. The van der Waals surface area contributed by atoms with Crippen molar-refractivity contribution >= 4 is 31.6 Å². The second-order valence-corrected chi connectivity index (χ2v) is 7.66. The van der Waals surface area contributed by atoms with Gasteiger partial charge in [0.15, 0.2) is 0 Å². The molecule has 2 N–H and O–H groups in total. The standard InChI is InChI=1S/C12H18BrN3O2S/c1-9-8-15(2)5-6-16(9)19(17,18)10-3-4-12(14)11(13)7-10/h3-4,7,9H,5-6,8,14H2,1-2H3. The van der Waals surface area contributed by atoms with Crippen LogP contribution in [0, 0.1) is 0 Å². The summed E-state index contributed by atoms with van der Waals surface area (Å²) in [5.74, 6) is 0. The third-order valence-electron chi connectivity index (χ3n) is 3.35. The minimum absolute atomic E-state index is 0.0277. The van der Waals surface area contributed by atoms with Gasteiger partial charge in [0.1, 0.15) is 0 Å². The molecule has 0 aromatic heterocycles. The molecule has 1 aliphatic rings. The number of anilines is 1. The van der Waals surface area contributed by atoms with E-state index in [1.807, 2.05) is 14.0 Å². The van der Waals surface area contributed by atoms with E-state index in [1.165, 1.54) is 0 Å². The number of sulfonamides is 1. The third kappa shape index (κ3) is 2.94. The zero-order chi connectivity index (χ0) is 14.2. The van der Waals surface area contributed by atoms with E-state index in [2.05, 4.69) is 20.8 Å². The van der Waals surface area contributed by atoms with Crippen LogP contribution in [0.5, 0.6) is 0 Å². The molecule has 0 aliphatic carbocycles. The summed E-state index contributed by atoms with van der Waals surface area (Å²) >= 11 is 3.27. The second kappa shape index (κ2) is 5.40. The Morgan fingerprint density at radius 2 is 2.05 bits per heavy atom.